The van der Waals surface area contributed by atoms with Gasteiger partial charge in [-0.25, -0.2) is 13.6 Å². The molecule has 1 N–H and O–H groups in total. The van der Waals surface area contributed by atoms with Crippen molar-refractivity contribution in [3.63, 3.8) is 0 Å². The van der Waals surface area contributed by atoms with Gasteiger partial charge in [-0.2, -0.15) is 0 Å². The number of hydrogen-bond acceptors (Lipinski definition) is 3. The molecule has 1 amide bonds. The van der Waals surface area contributed by atoms with E-state index < -0.39 is 30.1 Å². The van der Waals surface area contributed by atoms with Gasteiger partial charge in [0.1, 0.15) is 0 Å². The second kappa shape index (κ2) is 9.46. The molecule has 0 aliphatic rings. The molecule has 0 aliphatic heterocycles. The first-order valence-corrected chi connectivity index (χ1v) is 8.81. The predicted octanol–water partition coefficient (Wildman–Crippen LogP) is 4.68. The van der Waals surface area contributed by atoms with Crippen LogP contribution in [0.25, 0.3) is 0 Å². The minimum atomic E-state index is -1.23. The third-order valence-electron chi connectivity index (χ3n) is 3.81. The lowest BCUT2D eigenvalue weighted by molar-refractivity contribution is -0.125. The Labute approximate surface area is 161 Å². The first-order valence-electron chi connectivity index (χ1n) is 8.44. The minimum Gasteiger partial charge on any atom is -0.452 e. The molecular formula is C20H20ClF2NO3. The summed E-state index contributed by atoms with van der Waals surface area (Å²) in [4.78, 5) is 24.2. The summed E-state index contributed by atoms with van der Waals surface area (Å²) in [7, 11) is 0. The molecule has 0 aliphatic carbocycles. The fourth-order valence-electron chi connectivity index (χ4n) is 2.56. The van der Waals surface area contributed by atoms with Crippen molar-refractivity contribution in [1.82, 2.24) is 5.32 Å². The van der Waals surface area contributed by atoms with Gasteiger partial charge in [0.05, 0.1) is 16.6 Å². The summed E-state index contributed by atoms with van der Waals surface area (Å²) in [6.45, 7) is 3.51. The zero-order chi connectivity index (χ0) is 20.0. The van der Waals surface area contributed by atoms with E-state index in [1.165, 1.54) is 0 Å². The van der Waals surface area contributed by atoms with E-state index in [2.05, 4.69) is 5.32 Å². The van der Waals surface area contributed by atoms with Crippen LogP contribution in [0.5, 0.6) is 0 Å². The van der Waals surface area contributed by atoms with Crippen LogP contribution in [0.4, 0.5) is 8.78 Å². The Morgan fingerprint density at radius 1 is 1.11 bits per heavy atom. The number of carbonyl (C=O) groups is 2. The van der Waals surface area contributed by atoms with Crippen molar-refractivity contribution >= 4 is 23.5 Å². The fraction of sp³-hybridized carbons (Fsp3) is 0.300. The summed E-state index contributed by atoms with van der Waals surface area (Å²) in [6.07, 6.45) is 0.707. The molecule has 0 aromatic heterocycles. The molecule has 0 unspecified atom stereocenters. The first-order chi connectivity index (χ1) is 12.8. The van der Waals surface area contributed by atoms with Gasteiger partial charge < -0.3 is 10.1 Å². The maximum absolute atomic E-state index is 13.3. The Hall–Kier alpha value is -2.47. The molecule has 2 aromatic carbocycles. The van der Waals surface area contributed by atoms with Crippen LogP contribution in [-0.2, 0) is 9.53 Å². The van der Waals surface area contributed by atoms with Crippen molar-refractivity contribution in [3.8, 4) is 0 Å². The lowest BCUT2D eigenvalue weighted by atomic mass is 9.97. The Bertz CT molecular complexity index is 812. The van der Waals surface area contributed by atoms with E-state index in [-0.39, 0.29) is 16.6 Å². The number of rotatable bonds is 7. The van der Waals surface area contributed by atoms with Gasteiger partial charge in [0.2, 0.25) is 0 Å². The van der Waals surface area contributed by atoms with Gasteiger partial charge >= 0.3 is 5.97 Å². The van der Waals surface area contributed by atoms with Crippen molar-refractivity contribution in [2.75, 3.05) is 6.61 Å². The number of benzene rings is 2. The predicted molar refractivity (Wildman–Crippen MR) is 98.4 cm³/mol. The molecule has 0 saturated carbocycles. The van der Waals surface area contributed by atoms with Crippen LogP contribution in [0.2, 0.25) is 5.02 Å². The highest BCUT2D eigenvalue weighted by Gasteiger charge is 2.20. The van der Waals surface area contributed by atoms with Gasteiger partial charge in [-0.15, -0.1) is 0 Å². The average Bonchev–Trinajstić information content (AvgIpc) is 2.62. The van der Waals surface area contributed by atoms with Crippen LogP contribution in [0, 0.1) is 17.6 Å². The van der Waals surface area contributed by atoms with E-state index >= 15 is 0 Å². The number of nitrogens with one attached hydrogen (secondary N) is 1. The van der Waals surface area contributed by atoms with Gasteiger partial charge in [-0.05, 0) is 30.0 Å². The van der Waals surface area contributed by atoms with Crippen molar-refractivity contribution in [2.24, 2.45) is 5.92 Å². The molecule has 0 saturated heterocycles. The molecule has 0 spiro atoms. The van der Waals surface area contributed by atoms with E-state index in [4.69, 9.17) is 16.3 Å². The van der Waals surface area contributed by atoms with Crippen molar-refractivity contribution in [3.05, 3.63) is 70.2 Å². The lowest BCUT2D eigenvalue weighted by Crippen LogP contribution is -2.33. The highest BCUT2D eigenvalue weighted by atomic mass is 35.5. The molecule has 0 fully saturated rings. The Kier molecular flexibility index (Phi) is 7.30. The quantitative estimate of drug-likeness (QED) is 0.547. The molecule has 1 atom stereocenters. The highest BCUT2D eigenvalue weighted by molar-refractivity contribution is 6.33. The smallest absolute Gasteiger partial charge is 0.340 e. The maximum Gasteiger partial charge on any atom is 0.340 e. The summed E-state index contributed by atoms with van der Waals surface area (Å²) in [6, 6.07) is 10.5. The number of hydrogen-bond donors (Lipinski definition) is 1. The van der Waals surface area contributed by atoms with Gasteiger partial charge in [-0.3, -0.25) is 4.79 Å². The Balaban J connectivity index is 1.99. The van der Waals surface area contributed by atoms with E-state index in [9.17, 15) is 18.4 Å². The number of ether oxygens (including phenoxy) is 1. The highest BCUT2D eigenvalue weighted by Crippen LogP contribution is 2.22. The number of carbonyl (C=O) groups excluding carboxylic acids is 2. The molecular weight excluding hydrogens is 376 g/mol. The number of amides is 1. The van der Waals surface area contributed by atoms with Crippen LogP contribution < -0.4 is 5.32 Å². The van der Waals surface area contributed by atoms with Crippen LogP contribution in [0.1, 0.15) is 42.2 Å². The summed E-state index contributed by atoms with van der Waals surface area (Å²) in [5, 5.41) is 2.53. The third kappa shape index (κ3) is 6.03. The fourth-order valence-corrected chi connectivity index (χ4v) is 2.79. The van der Waals surface area contributed by atoms with E-state index in [0.717, 1.165) is 5.56 Å². The van der Waals surface area contributed by atoms with Crippen molar-refractivity contribution in [1.29, 1.82) is 0 Å². The molecule has 2 rings (SSSR count). The monoisotopic (exact) mass is 395 g/mol. The first kappa shape index (κ1) is 20.8. The second-order valence-corrected chi connectivity index (χ2v) is 6.89. The molecule has 144 valence electrons. The number of halogens is 3. The summed E-state index contributed by atoms with van der Waals surface area (Å²) in [5.41, 5.74) is 0.597. The van der Waals surface area contributed by atoms with Gasteiger partial charge in [-0.1, -0.05) is 55.8 Å². The summed E-state index contributed by atoms with van der Waals surface area (Å²) in [5.74, 6) is -3.57. The van der Waals surface area contributed by atoms with Gasteiger partial charge in [0, 0.05) is 0 Å². The molecule has 4 nitrogen and oxygen atoms in total. The topological polar surface area (TPSA) is 55.4 Å². The van der Waals surface area contributed by atoms with Crippen molar-refractivity contribution < 1.29 is 23.1 Å². The Morgan fingerprint density at radius 2 is 1.74 bits per heavy atom. The minimum absolute atomic E-state index is 0.232. The molecule has 0 bridgehead atoms. The maximum atomic E-state index is 13.3. The summed E-state index contributed by atoms with van der Waals surface area (Å²) < 4.78 is 31.2. The average molecular weight is 396 g/mol. The van der Waals surface area contributed by atoms with Crippen molar-refractivity contribution in [2.45, 2.75) is 26.3 Å². The normalized spacial score (nSPS) is 11.9. The van der Waals surface area contributed by atoms with E-state index in [1.54, 1.807) is 0 Å². The lowest BCUT2D eigenvalue weighted by Gasteiger charge is -2.21. The van der Waals surface area contributed by atoms with Crippen LogP contribution in [0.3, 0.4) is 0 Å². The largest absolute Gasteiger partial charge is 0.452 e. The van der Waals surface area contributed by atoms with Crippen LogP contribution in [-0.4, -0.2) is 18.5 Å². The molecule has 0 radical (unpaired) electrons. The number of esters is 1. The second-order valence-electron chi connectivity index (χ2n) is 6.48. The van der Waals surface area contributed by atoms with Gasteiger partial charge in [0.15, 0.2) is 18.2 Å². The van der Waals surface area contributed by atoms with Crippen LogP contribution >= 0.6 is 11.6 Å². The SMILES string of the molecule is CC(C)C[C@H](NC(=O)COC(=O)c1cc(F)c(F)cc1Cl)c1ccccc1. The molecule has 27 heavy (non-hydrogen) atoms. The summed E-state index contributed by atoms with van der Waals surface area (Å²) >= 11 is 5.73. The van der Waals surface area contributed by atoms with Crippen LogP contribution in [0.15, 0.2) is 42.5 Å². The van der Waals surface area contributed by atoms with Gasteiger partial charge in [0.25, 0.3) is 5.91 Å². The zero-order valence-electron chi connectivity index (χ0n) is 15.0. The van der Waals surface area contributed by atoms with E-state index in [0.29, 0.717) is 24.5 Å². The zero-order valence-corrected chi connectivity index (χ0v) is 15.7. The molecule has 2 aromatic rings. The Morgan fingerprint density at radius 3 is 2.37 bits per heavy atom. The molecule has 7 heteroatoms. The van der Waals surface area contributed by atoms with E-state index in [1.807, 2.05) is 44.2 Å². The molecule has 0 heterocycles. The standard InChI is InChI=1S/C20H20ClF2NO3/c1-12(2)8-18(13-6-4-3-5-7-13)24-19(25)11-27-20(26)14-9-16(22)17(23)10-15(14)21/h3-7,9-10,12,18H,8,11H2,1-2H3,(H,24,25)/t18-/m0/s1. The third-order valence-corrected chi connectivity index (χ3v) is 4.12.